The van der Waals surface area contributed by atoms with Crippen molar-refractivity contribution < 1.29 is 4.74 Å². The van der Waals surface area contributed by atoms with E-state index in [9.17, 15) is 0 Å². The zero-order valence-corrected chi connectivity index (χ0v) is 10.3. The first-order valence-electron chi connectivity index (χ1n) is 5.32. The van der Waals surface area contributed by atoms with Crippen molar-refractivity contribution in [1.82, 2.24) is 14.5 Å². The number of H-pyrrole nitrogens is 1. The summed E-state index contributed by atoms with van der Waals surface area (Å²) in [7, 11) is 0. The lowest BCUT2D eigenvalue weighted by molar-refractivity contribution is 0.0731. The Morgan fingerprint density at radius 2 is 2.38 bits per heavy atom. The number of pyridine rings is 1. The Kier molecular flexibility index (Phi) is 3.36. The third-order valence-corrected chi connectivity index (χ3v) is 2.66. The molecule has 0 aromatic carbocycles. The molecule has 0 amide bonds. The molecule has 0 aliphatic heterocycles. The SMILES string of the molecule is CC(C)OCCn1c(=S)[nH]c2cnccc21. The summed E-state index contributed by atoms with van der Waals surface area (Å²) in [5.41, 5.74) is 2.05. The number of hydrogen-bond donors (Lipinski definition) is 1. The molecule has 2 rings (SSSR count). The van der Waals surface area contributed by atoms with Gasteiger partial charge in [0, 0.05) is 12.7 Å². The lowest BCUT2D eigenvalue weighted by Gasteiger charge is -2.08. The van der Waals surface area contributed by atoms with Gasteiger partial charge in [-0.25, -0.2) is 0 Å². The third-order valence-electron chi connectivity index (χ3n) is 2.34. The molecule has 0 radical (unpaired) electrons. The minimum absolute atomic E-state index is 0.251. The number of nitrogens with zero attached hydrogens (tertiary/aromatic N) is 2. The van der Waals surface area contributed by atoms with Gasteiger partial charge in [-0.1, -0.05) is 0 Å². The van der Waals surface area contributed by atoms with Crippen molar-refractivity contribution >= 4 is 23.3 Å². The Bertz CT molecular complexity index is 529. The standard InChI is InChI=1S/C11H15N3OS/c1-8(2)15-6-5-14-10-3-4-12-7-9(10)13-11(14)16/h3-4,7-8H,5-6H2,1-2H3,(H,13,16). The van der Waals surface area contributed by atoms with Crippen LogP contribution in [0.2, 0.25) is 0 Å². The predicted molar refractivity (Wildman–Crippen MR) is 66.0 cm³/mol. The molecule has 2 aromatic rings. The Morgan fingerprint density at radius 3 is 3.12 bits per heavy atom. The Morgan fingerprint density at radius 1 is 1.56 bits per heavy atom. The average molecular weight is 237 g/mol. The first-order valence-corrected chi connectivity index (χ1v) is 5.73. The normalized spacial score (nSPS) is 11.4. The Hall–Kier alpha value is -1.20. The molecule has 0 unspecified atom stereocenters. The van der Waals surface area contributed by atoms with Crippen LogP contribution in [0.5, 0.6) is 0 Å². The molecular weight excluding hydrogens is 222 g/mol. The highest BCUT2D eigenvalue weighted by Crippen LogP contribution is 2.11. The van der Waals surface area contributed by atoms with Gasteiger partial charge in [0.15, 0.2) is 4.77 Å². The monoisotopic (exact) mass is 237 g/mol. The minimum Gasteiger partial charge on any atom is -0.377 e. The number of hydrogen-bond acceptors (Lipinski definition) is 3. The van der Waals surface area contributed by atoms with Gasteiger partial charge >= 0.3 is 0 Å². The maximum atomic E-state index is 5.52. The van der Waals surface area contributed by atoms with Crippen LogP contribution in [0.1, 0.15) is 13.8 Å². The number of rotatable bonds is 4. The van der Waals surface area contributed by atoms with Gasteiger partial charge in [0.25, 0.3) is 0 Å². The second kappa shape index (κ2) is 4.76. The van der Waals surface area contributed by atoms with Gasteiger partial charge in [-0.05, 0) is 32.1 Å². The summed E-state index contributed by atoms with van der Waals surface area (Å²) in [6.07, 6.45) is 3.80. The number of aromatic nitrogens is 3. The van der Waals surface area contributed by atoms with Crippen LogP contribution < -0.4 is 0 Å². The van der Waals surface area contributed by atoms with Gasteiger partial charge in [-0.15, -0.1) is 0 Å². The first-order chi connectivity index (χ1) is 7.68. The molecular formula is C11H15N3OS. The van der Waals surface area contributed by atoms with E-state index in [1.54, 1.807) is 12.4 Å². The van der Waals surface area contributed by atoms with Crippen molar-refractivity contribution in [1.29, 1.82) is 0 Å². The van der Waals surface area contributed by atoms with Crippen LogP contribution in [0.25, 0.3) is 11.0 Å². The van der Waals surface area contributed by atoms with Crippen LogP contribution >= 0.6 is 12.2 Å². The molecule has 0 fully saturated rings. The fourth-order valence-corrected chi connectivity index (χ4v) is 1.91. The lowest BCUT2D eigenvalue weighted by atomic mass is 10.4. The maximum absolute atomic E-state index is 5.52. The van der Waals surface area contributed by atoms with Crippen LogP contribution in [-0.2, 0) is 11.3 Å². The van der Waals surface area contributed by atoms with E-state index in [2.05, 4.69) is 9.97 Å². The van der Waals surface area contributed by atoms with Crippen LogP contribution in [0.3, 0.4) is 0 Å². The molecule has 0 spiro atoms. The fraction of sp³-hybridized carbons (Fsp3) is 0.455. The van der Waals surface area contributed by atoms with Crippen molar-refractivity contribution in [2.24, 2.45) is 0 Å². The highest BCUT2D eigenvalue weighted by molar-refractivity contribution is 7.71. The zero-order valence-electron chi connectivity index (χ0n) is 9.43. The molecule has 86 valence electrons. The molecule has 0 bridgehead atoms. The van der Waals surface area contributed by atoms with Crippen LogP contribution in [0.15, 0.2) is 18.5 Å². The quantitative estimate of drug-likeness (QED) is 0.831. The Labute approximate surface area is 99.3 Å². The van der Waals surface area contributed by atoms with E-state index in [-0.39, 0.29) is 6.10 Å². The molecule has 4 nitrogen and oxygen atoms in total. The molecule has 0 aliphatic carbocycles. The van der Waals surface area contributed by atoms with Crippen LogP contribution in [0, 0.1) is 4.77 Å². The first kappa shape index (κ1) is 11.3. The van der Waals surface area contributed by atoms with E-state index < -0.39 is 0 Å². The van der Waals surface area contributed by atoms with Gasteiger partial charge in [0.1, 0.15) is 0 Å². The summed E-state index contributed by atoms with van der Waals surface area (Å²) in [6.45, 7) is 5.49. The number of imidazole rings is 1. The number of ether oxygens (including phenoxy) is 1. The van der Waals surface area contributed by atoms with Gasteiger partial charge in [-0.3, -0.25) is 4.98 Å². The second-order valence-electron chi connectivity index (χ2n) is 3.89. The average Bonchev–Trinajstić information content (AvgIpc) is 2.55. The maximum Gasteiger partial charge on any atom is 0.178 e. The molecule has 2 aromatic heterocycles. The van der Waals surface area contributed by atoms with Crippen molar-refractivity contribution in [2.75, 3.05) is 6.61 Å². The highest BCUT2D eigenvalue weighted by Gasteiger charge is 2.03. The van der Waals surface area contributed by atoms with Crippen LogP contribution in [-0.4, -0.2) is 27.2 Å². The molecule has 1 N–H and O–H groups in total. The van der Waals surface area contributed by atoms with Crippen molar-refractivity contribution in [3.05, 3.63) is 23.2 Å². The number of nitrogens with one attached hydrogen (secondary N) is 1. The summed E-state index contributed by atoms with van der Waals surface area (Å²) in [5.74, 6) is 0. The van der Waals surface area contributed by atoms with Crippen molar-refractivity contribution in [3.8, 4) is 0 Å². The van der Waals surface area contributed by atoms with Crippen LogP contribution in [0.4, 0.5) is 0 Å². The zero-order chi connectivity index (χ0) is 11.5. The molecule has 0 atom stereocenters. The van der Waals surface area contributed by atoms with Crippen molar-refractivity contribution in [2.45, 2.75) is 26.5 Å². The summed E-state index contributed by atoms with van der Waals surface area (Å²) in [4.78, 5) is 7.18. The lowest BCUT2D eigenvalue weighted by Crippen LogP contribution is -2.10. The third kappa shape index (κ3) is 2.31. The molecule has 16 heavy (non-hydrogen) atoms. The summed E-state index contributed by atoms with van der Waals surface area (Å²) in [5, 5.41) is 0. The van der Waals surface area contributed by atoms with Gasteiger partial charge in [0.05, 0.1) is 29.9 Å². The van der Waals surface area contributed by atoms with E-state index in [0.717, 1.165) is 22.3 Å². The minimum atomic E-state index is 0.251. The smallest absolute Gasteiger partial charge is 0.178 e. The van der Waals surface area contributed by atoms with Gasteiger partial charge in [-0.2, -0.15) is 0 Å². The molecule has 0 saturated heterocycles. The van der Waals surface area contributed by atoms with E-state index in [1.807, 2.05) is 24.5 Å². The van der Waals surface area contributed by atoms with E-state index in [4.69, 9.17) is 17.0 Å². The predicted octanol–water partition coefficient (Wildman–Crippen LogP) is 2.52. The highest BCUT2D eigenvalue weighted by atomic mass is 32.1. The molecule has 0 saturated carbocycles. The van der Waals surface area contributed by atoms with Gasteiger partial charge < -0.3 is 14.3 Å². The van der Waals surface area contributed by atoms with Gasteiger partial charge in [0.2, 0.25) is 0 Å². The number of fused-ring (bicyclic) bond motifs is 1. The molecule has 2 heterocycles. The summed E-state index contributed by atoms with van der Waals surface area (Å²) >= 11 is 5.26. The summed E-state index contributed by atoms with van der Waals surface area (Å²) in [6, 6.07) is 1.96. The second-order valence-corrected chi connectivity index (χ2v) is 4.28. The number of aromatic amines is 1. The van der Waals surface area contributed by atoms with E-state index in [0.29, 0.717) is 6.61 Å². The largest absolute Gasteiger partial charge is 0.377 e. The van der Waals surface area contributed by atoms with E-state index in [1.165, 1.54) is 0 Å². The van der Waals surface area contributed by atoms with Crippen molar-refractivity contribution in [3.63, 3.8) is 0 Å². The fourth-order valence-electron chi connectivity index (χ4n) is 1.61. The molecule has 0 aliphatic rings. The topological polar surface area (TPSA) is 42.8 Å². The van der Waals surface area contributed by atoms with E-state index >= 15 is 0 Å². The Balaban J connectivity index is 2.23. The molecule has 5 heteroatoms. The summed E-state index contributed by atoms with van der Waals surface area (Å²) < 4.78 is 8.28.